The van der Waals surface area contributed by atoms with Crippen LogP contribution in [0.5, 0.6) is 0 Å². The van der Waals surface area contributed by atoms with E-state index in [-0.39, 0.29) is 22.3 Å². The summed E-state index contributed by atoms with van der Waals surface area (Å²) in [6, 6.07) is 16.9. The summed E-state index contributed by atoms with van der Waals surface area (Å²) in [6.45, 7) is 1.78. The van der Waals surface area contributed by atoms with Crippen LogP contribution in [0.15, 0.2) is 83.8 Å². The van der Waals surface area contributed by atoms with Crippen molar-refractivity contribution in [2.24, 2.45) is 0 Å². The first kappa shape index (κ1) is 24.9. The highest BCUT2D eigenvalue weighted by molar-refractivity contribution is 7.92. The molecule has 7 nitrogen and oxygen atoms in total. The van der Waals surface area contributed by atoms with Gasteiger partial charge in [-0.3, -0.25) is 4.72 Å². The summed E-state index contributed by atoms with van der Waals surface area (Å²) >= 11 is 0. The molecular weight excluding hydrogens is 498 g/mol. The molecule has 0 aliphatic carbocycles. The molecule has 0 bridgehead atoms. The minimum Gasteiger partial charge on any atom is -0.340 e. The number of hydrogen-bond donors (Lipinski definition) is 3. The lowest BCUT2D eigenvalue weighted by Gasteiger charge is -2.12. The van der Waals surface area contributed by atoms with Gasteiger partial charge in [-0.25, -0.2) is 17.8 Å². The number of nitrogens with zero attached hydrogens (tertiary/aromatic N) is 2. The second kappa shape index (κ2) is 9.82. The Bertz CT molecular complexity index is 1460. The molecule has 3 aromatic carbocycles. The van der Waals surface area contributed by atoms with Crippen LogP contribution in [-0.2, 0) is 16.2 Å². The topological polar surface area (TPSA) is 96.0 Å². The van der Waals surface area contributed by atoms with Gasteiger partial charge in [0.2, 0.25) is 5.95 Å². The SMILES string of the molecule is Cc1cc(Nc2ccc(F)cc2)nc(Nc2ccc(NS(=O)(=O)c3ccc(C(F)(F)F)cc3)cc2)n1. The molecule has 12 heteroatoms. The number of nitrogens with one attached hydrogen (secondary N) is 3. The van der Waals surface area contributed by atoms with E-state index in [0.29, 0.717) is 35.0 Å². The standard InChI is InChI=1S/C24H19F4N5O2S/c1-15-14-22(30-18-6-4-17(25)5-7-18)32-23(29-15)31-19-8-10-20(11-9-19)33-36(34,35)21-12-2-16(3-13-21)24(26,27)28/h2-14,33H,1H3,(H2,29,30,31,32). The number of benzene rings is 3. The van der Waals surface area contributed by atoms with E-state index in [4.69, 9.17) is 0 Å². The number of aromatic nitrogens is 2. The molecule has 36 heavy (non-hydrogen) atoms. The van der Waals surface area contributed by atoms with E-state index < -0.39 is 21.8 Å². The van der Waals surface area contributed by atoms with Crippen molar-refractivity contribution >= 4 is 38.9 Å². The Kier molecular flexibility index (Phi) is 6.80. The average Bonchev–Trinajstić information content (AvgIpc) is 2.81. The number of sulfonamides is 1. The van der Waals surface area contributed by atoms with Crippen molar-refractivity contribution in [3.05, 3.63) is 95.9 Å². The molecule has 0 saturated heterocycles. The van der Waals surface area contributed by atoms with Crippen molar-refractivity contribution < 1.29 is 26.0 Å². The molecule has 4 rings (SSSR count). The van der Waals surface area contributed by atoms with Crippen LogP contribution in [-0.4, -0.2) is 18.4 Å². The van der Waals surface area contributed by atoms with Crippen LogP contribution in [0.3, 0.4) is 0 Å². The molecule has 0 aliphatic heterocycles. The van der Waals surface area contributed by atoms with Gasteiger partial charge in [0.1, 0.15) is 11.6 Å². The van der Waals surface area contributed by atoms with E-state index in [9.17, 15) is 26.0 Å². The van der Waals surface area contributed by atoms with E-state index in [1.54, 1.807) is 37.3 Å². The van der Waals surface area contributed by atoms with Crippen LogP contribution in [0.1, 0.15) is 11.3 Å². The van der Waals surface area contributed by atoms with E-state index in [1.165, 1.54) is 24.3 Å². The Morgan fingerprint density at radius 3 is 1.92 bits per heavy atom. The quantitative estimate of drug-likeness (QED) is 0.252. The number of alkyl halides is 3. The smallest absolute Gasteiger partial charge is 0.340 e. The second-order valence-electron chi connectivity index (χ2n) is 7.68. The van der Waals surface area contributed by atoms with Gasteiger partial charge in [-0.2, -0.15) is 18.2 Å². The molecule has 1 heterocycles. The van der Waals surface area contributed by atoms with E-state index in [0.717, 1.165) is 12.1 Å². The third-order valence-electron chi connectivity index (χ3n) is 4.86. The Balaban J connectivity index is 1.44. The average molecular weight is 518 g/mol. The number of rotatable bonds is 7. The maximum absolute atomic E-state index is 13.1. The number of halogens is 4. The molecule has 0 radical (unpaired) electrons. The van der Waals surface area contributed by atoms with Crippen molar-refractivity contribution in [3.63, 3.8) is 0 Å². The molecule has 0 aliphatic rings. The fourth-order valence-electron chi connectivity index (χ4n) is 3.16. The molecule has 3 N–H and O–H groups in total. The molecule has 4 aromatic rings. The van der Waals surface area contributed by atoms with Crippen molar-refractivity contribution in [1.29, 1.82) is 0 Å². The van der Waals surface area contributed by atoms with Crippen molar-refractivity contribution in [1.82, 2.24) is 9.97 Å². The third kappa shape index (κ3) is 6.27. The van der Waals surface area contributed by atoms with Crippen LogP contribution >= 0.6 is 0 Å². The molecular formula is C24H19F4N5O2S. The molecule has 0 fully saturated rings. The zero-order valence-electron chi connectivity index (χ0n) is 18.6. The molecule has 0 spiro atoms. The zero-order valence-corrected chi connectivity index (χ0v) is 19.5. The third-order valence-corrected chi connectivity index (χ3v) is 6.25. The maximum Gasteiger partial charge on any atom is 0.416 e. The second-order valence-corrected chi connectivity index (χ2v) is 9.36. The number of anilines is 5. The monoisotopic (exact) mass is 517 g/mol. The highest BCUT2D eigenvalue weighted by Crippen LogP contribution is 2.30. The number of hydrogen-bond acceptors (Lipinski definition) is 6. The lowest BCUT2D eigenvalue weighted by molar-refractivity contribution is -0.137. The molecule has 0 unspecified atom stereocenters. The zero-order chi connectivity index (χ0) is 25.9. The summed E-state index contributed by atoms with van der Waals surface area (Å²) in [7, 11) is -4.09. The summed E-state index contributed by atoms with van der Waals surface area (Å²) in [5.74, 6) is 0.405. The van der Waals surface area contributed by atoms with E-state index >= 15 is 0 Å². The summed E-state index contributed by atoms with van der Waals surface area (Å²) in [4.78, 5) is 8.39. The van der Waals surface area contributed by atoms with Gasteiger partial charge in [-0.15, -0.1) is 0 Å². The predicted molar refractivity (Wildman–Crippen MR) is 128 cm³/mol. The minimum absolute atomic E-state index is 0.212. The largest absolute Gasteiger partial charge is 0.416 e. The summed E-state index contributed by atoms with van der Waals surface area (Å²) < 4.78 is 78.6. The van der Waals surface area contributed by atoms with Gasteiger partial charge in [0, 0.05) is 28.8 Å². The summed E-state index contributed by atoms with van der Waals surface area (Å²) in [5, 5.41) is 6.08. The molecule has 0 saturated carbocycles. The minimum atomic E-state index is -4.56. The van der Waals surface area contributed by atoms with Gasteiger partial charge in [0.15, 0.2) is 0 Å². The lowest BCUT2D eigenvalue weighted by atomic mass is 10.2. The molecule has 0 amide bonds. The number of aryl methyl sites for hydroxylation is 1. The lowest BCUT2D eigenvalue weighted by Crippen LogP contribution is -2.13. The van der Waals surface area contributed by atoms with Gasteiger partial charge in [-0.1, -0.05) is 0 Å². The Morgan fingerprint density at radius 1 is 0.750 bits per heavy atom. The van der Waals surface area contributed by atoms with Crippen LogP contribution in [0.4, 0.5) is 46.4 Å². The summed E-state index contributed by atoms with van der Waals surface area (Å²) in [6.07, 6.45) is -4.56. The summed E-state index contributed by atoms with van der Waals surface area (Å²) in [5.41, 5.74) is 1.14. The molecule has 0 atom stereocenters. The van der Waals surface area contributed by atoms with E-state index in [2.05, 4.69) is 25.3 Å². The van der Waals surface area contributed by atoms with Crippen LogP contribution < -0.4 is 15.4 Å². The highest BCUT2D eigenvalue weighted by Gasteiger charge is 2.30. The van der Waals surface area contributed by atoms with Gasteiger partial charge in [-0.05, 0) is 79.7 Å². The predicted octanol–water partition coefficient (Wildman–Crippen LogP) is 6.23. The highest BCUT2D eigenvalue weighted by atomic mass is 32.2. The van der Waals surface area contributed by atoms with Gasteiger partial charge >= 0.3 is 6.18 Å². The van der Waals surface area contributed by atoms with Crippen LogP contribution in [0.2, 0.25) is 0 Å². The van der Waals surface area contributed by atoms with Crippen LogP contribution in [0.25, 0.3) is 0 Å². The van der Waals surface area contributed by atoms with Gasteiger partial charge < -0.3 is 10.6 Å². The van der Waals surface area contributed by atoms with Crippen molar-refractivity contribution in [3.8, 4) is 0 Å². The first-order chi connectivity index (χ1) is 17.0. The van der Waals surface area contributed by atoms with Gasteiger partial charge in [0.25, 0.3) is 10.0 Å². The Morgan fingerprint density at radius 2 is 1.31 bits per heavy atom. The van der Waals surface area contributed by atoms with Crippen molar-refractivity contribution in [2.45, 2.75) is 18.0 Å². The normalized spacial score (nSPS) is 11.7. The first-order valence-electron chi connectivity index (χ1n) is 10.4. The fourth-order valence-corrected chi connectivity index (χ4v) is 4.22. The Hall–Kier alpha value is -4.19. The van der Waals surface area contributed by atoms with Crippen molar-refractivity contribution in [2.75, 3.05) is 15.4 Å². The van der Waals surface area contributed by atoms with Gasteiger partial charge in [0.05, 0.1) is 10.5 Å². The maximum atomic E-state index is 13.1. The fraction of sp³-hybridized carbons (Fsp3) is 0.0833. The van der Waals surface area contributed by atoms with E-state index in [1.807, 2.05) is 0 Å². The Labute approximate surface area is 204 Å². The first-order valence-corrected chi connectivity index (χ1v) is 11.9. The molecule has 1 aromatic heterocycles. The van der Waals surface area contributed by atoms with Crippen LogP contribution in [0, 0.1) is 12.7 Å². The molecule has 186 valence electrons.